The first-order valence-corrected chi connectivity index (χ1v) is 5.86. The van der Waals surface area contributed by atoms with E-state index >= 15 is 0 Å². The van der Waals surface area contributed by atoms with Crippen molar-refractivity contribution in [3.8, 4) is 0 Å². The Kier molecular flexibility index (Phi) is 5.20. The van der Waals surface area contributed by atoms with Crippen molar-refractivity contribution < 1.29 is 0 Å². The van der Waals surface area contributed by atoms with Crippen molar-refractivity contribution in [1.29, 1.82) is 0 Å². The molecule has 0 aromatic rings. The van der Waals surface area contributed by atoms with Crippen LogP contribution in [0.1, 0.15) is 32.6 Å². The van der Waals surface area contributed by atoms with Gasteiger partial charge in [-0.25, -0.2) is 0 Å². The van der Waals surface area contributed by atoms with E-state index in [0.717, 1.165) is 19.0 Å². The van der Waals surface area contributed by atoms with Crippen LogP contribution in [-0.2, 0) is 0 Å². The van der Waals surface area contributed by atoms with Gasteiger partial charge in [-0.1, -0.05) is 32.3 Å². The number of likely N-dealkylation sites (tertiary alicyclic amines) is 1. The minimum absolute atomic E-state index is 0.395. The molecular weight excluding hydrogens is 172 g/mol. The second kappa shape index (κ2) is 6.20. The average molecular weight is 196 g/mol. The minimum atomic E-state index is 0.395. The zero-order chi connectivity index (χ0) is 10.4. The molecule has 1 aliphatic rings. The summed E-state index contributed by atoms with van der Waals surface area (Å²) in [4.78, 5) is 2.41. The number of unbranched alkanes of at least 4 members (excludes halogenated alkanes) is 2. The molecular formula is C12H24N2. The van der Waals surface area contributed by atoms with Gasteiger partial charge >= 0.3 is 0 Å². The summed E-state index contributed by atoms with van der Waals surface area (Å²) in [5.41, 5.74) is 6.11. The normalized spacial score (nSPS) is 28.1. The molecule has 14 heavy (non-hydrogen) atoms. The van der Waals surface area contributed by atoms with Crippen LogP contribution in [0.2, 0.25) is 0 Å². The zero-order valence-electron chi connectivity index (χ0n) is 9.41. The second-order valence-corrected chi connectivity index (χ2v) is 4.43. The number of rotatable bonds is 6. The number of nitrogens with two attached hydrogens (primary N) is 1. The van der Waals surface area contributed by atoms with Crippen LogP contribution in [0.5, 0.6) is 0 Å². The first kappa shape index (κ1) is 11.7. The Balaban J connectivity index is 2.22. The summed E-state index contributed by atoms with van der Waals surface area (Å²) >= 11 is 0. The summed E-state index contributed by atoms with van der Waals surface area (Å²) in [7, 11) is 0. The molecule has 2 atom stereocenters. The molecule has 1 rings (SSSR count). The molecule has 1 heterocycles. The number of nitrogens with zero attached hydrogens (tertiary/aromatic N) is 1. The minimum Gasteiger partial charge on any atom is -0.326 e. The molecule has 2 heteroatoms. The lowest BCUT2D eigenvalue weighted by atomic mass is 9.97. The molecule has 2 N–H and O–H groups in total. The Hall–Kier alpha value is -0.340. The fraction of sp³-hybridized carbons (Fsp3) is 0.833. The van der Waals surface area contributed by atoms with Gasteiger partial charge in [0, 0.05) is 25.7 Å². The van der Waals surface area contributed by atoms with E-state index in [4.69, 9.17) is 5.73 Å². The number of hydrogen-bond donors (Lipinski definition) is 1. The first-order chi connectivity index (χ1) is 6.77. The van der Waals surface area contributed by atoms with E-state index in [1.54, 1.807) is 0 Å². The quantitative estimate of drug-likeness (QED) is 0.520. The van der Waals surface area contributed by atoms with Gasteiger partial charge in [-0.3, -0.25) is 4.90 Å². The van der Waals surface area contributed by atoms with Crippen LogP contribution in [0.3, 0.4) is 0 Å². The maximum absolute atomic E-state index is 6.11. The van der Waals surface area contributed by atoms with E-state index in [1.165, 1.54) is 32.2 Å². The summed E-state index contributed by atoms with van der Waals surface area (Å²) in [5.74, 6) is 0.724. The predicted octanol–water partition coefficient (Wildman–Crippen LogP) is 2.01. The van der Waals surface area contributed by atoms with Crippen LogP contribution in [-0.4, -0.2) is 30.6 Å². The van der Waals surface area contributed by atoms with Crippen molar-refractivity contribution in [2.75, 3.05) is 19.6 Å². The fourth-order valence-electron chi connectivity index (χ4n) is 2.28. The summed E-state index contributed by atoms with van der Waals surface area (Å²) in [6.07, 6.45) is 7.28. The predicted molar refractivity (Wildman–Crippen MR) is 62.2 cm³/mol. The van der Waals surface area contributed by atoms with Gasteiger partial charge in [0.25, 0.3) is 0 Å². The second-order valence-electron chi connectivity index (χ2n) is 4.43. The van der Waals surface area contributed by atoms with E-state index < -0.39 is 0 Å². The maximum atomic E-state index is 6.11. The lowest BCUT2D eigenvalue weighted by molar-refractivity contribution is 0.351. The summed E-state index contributed by atoms with van der Waals surface area (Å²) in [6, 6.07) is 0.395. The van der Waals surface area contributed by atoms with Gasteiger partial charge in [0.1, 0.15) is 0 Å². The third kappa shape index (κ3) is 3.43. The van der Waals surface area contributed by atoms with Gasteiger partial charge in [0.15, 0.2) is 0 Å². The third-order valence-corrected chi connectivity index (χ3v) is 3.13. The Morgan fingerprint density at radius 1 is 1.43 bits per heavy atom. The molecule has 0 aromatic heterocycles. The monoisotopic (exact) mass is 196 g/mol. The van der Waals surface area contributed by atoms with Gasteiger partial charge in [-0.05, 0) is 12.3 Å². The molecule has 2 nitrogen and oxygen atoms in total. The highest BCUT2D eigenvalue weighted by Crippen LogP contribution is 2.21. The largest absolute Gasteiger partial charge is 0.326 e. The molecule has 0 bridgehead atoms. The Bertz CT molecular complexity index is 168. The van der Waals surface area contributed by atoms with Gasteiger partial charge in [0.2, 0.25) is 0 Å². The molecule has 0 amide bonds. The van der Waals surface area contributed by atoms with Crippen LogP contribution in [0, 0.1) is 5.92 Å². The van der Waals surface area contributed by atoms with Crippen LogP contribution in [0.15, 0.2) is 12.7 Å². The van der Waals surface area contributed by atoms with E-state index in [9.17, 15) is 0 Å². The van der Waals surface area contributed by atoms with Crippen molar-refractivity contribution in [1.82, 2.24) is 4.90 Å². The summed E-state index contributed by atoms with van der Waals surface area (Å²) < 4.78 is 0. The standard InChI is InChI=1S/C12H24N2/c1-3-5-6-7-11-9-14(8-4-2)10-12(11)13/h4,11-12H,2-3,5-10,13H2,1H3. The highest BCUT2D eigenvalue weighted by atomic mass is 15.2. The van der Waals surface area contributed by atoms with Crippen molar-refractivity contribution in [3.05, 3.63) is 12.7 Å². The van der Waals surface area contributed by atoms with Crippen LogP contribution in [0.25, 0.3) is 0 Å². The molecule has 0 radical (unpaired) electrons. The molecule has 0 aliphatic carbocycles. The van der Waals surface area contributed by atoms with Gasteiger partial charge in [-0.15, -0.1) is 6.58 Å². The first-order valence-electron chi connectivity index (χ1n) is 5.86. The summed E-state index contributed by atoms with van der Waals surface area (Å²) in [6.45, 7) is 9.25. The van der Waals surface area contributed by atoms with E-state index in [0.29, 0.717) is 6.04 Å². The van der Waals surface area contributed by atoms with Crippen molar-refractivity contribution in [2.24, 2.45) is 11.7 Å². The Morgan fingerprint density at radius 2 is 2.21 bits per heavy atom. The summed E-state index contributed by atoms with van der Waals surface area (Å²) in [5, 5.41) is 0. The molecule has 0 aromatic carbocycles. The lowest BCUT2D eigenvalue weighted by Crippen LogP contribution is -2.29. The number of hydrogen-bond acceptors (Lipinski definition) is 2. The van der Waals surface area contributed by atoms with Crippen molar-refractivity contribution in [3.63, 3.8) is 0 Å². The highest BCUT2D eigenvalue weighted by Gasteiger charge is 2.28. The molecule has 1 fully saturated rings. The molecule has 1 saturated heterocycles. The van der Waals surface area contributed by atoms with Gasteiger partial charge < -0.3 is 5.73 Å². The fourth-order valence-corrected chi connectivity index (χ4v) is 2.28. The van der Waals surface area contributed by atoms with Crippen LogP contribution < -0.4 is 5.73 Å². The zero-order valence-corrected chi connectivity index (χ0v) is 9.41. The Labute approximate surface area is 88.2 Å². The van der Waals surface area contributed by atoms with Crippen molar-refractivity contribution >= 4 is 0 Å². The third-order valence-electron chi connectivity index (χ3n) is 3.13. The van der Waals surface area contributed by atoms with E-state index in [1.807, 2.05) is 6.08 Å². The Morgan fingerprint density at radius 3 is 2.86 bits per heavy atom. The maximum Gasteiger partial charge on any atom is 0.0208 e. The van der Waals surface area contributed by atoms with Gasteiger partial charge in [-0.2, -0.15) is 0 Å². The van der Waals surface area contributed by atoms with E-state index in [-0.39, 0.29) is 0 Å². The molecule has 82 valence electrons. The molecule has 0 spiro atoms. The smallest absolute Gasteiger partial charge is 0.0208 e. The molecule has 1 aliphatic heterocycles. The molecule has 2 unspecified atom stereocenters. The lowest BCUT2D eigenvalue weighted by Gasteiger charge is -2.13. The van der Waals surface area contributed by atoms with E-state index in [2.05, 4.69) is 18.4 Å². The van der Waals surface area contributed by atoms with Crippen LogP contribution >= 0.6 is 0 Å². The SMILES string of the molecule is C=CCN1CC(N)C(CCCCC)C1. The van der Waals surface area contributed by atoms with Gasteiger partial charge in [0.05, 0.1) is 0 Å². The highest BCUT2D eigenvalue weighted by molar-refractivity contribution is 4.89. The average Bonchev–Trinajstić information content (AvgIpc) is 2.48. The topological polar surface area (TPSA) is 29.3 Å². The van der Waals surface area contributed by atoms with Crippen molar-refractivity contribution in [2.45, 2.75) is 38.6 Å². The van der Waals surface area contributed by atoms with Crippen LogP contribution in [0.4, 0.5) is 0 Å². The molecule has 0 saturated carbocycles.